The molecule has 0 radical (unpaired) electrons. The summed E-state index contributed by atoms with van der Waals surface area (Å²) in [5, 5.41) is 18.9. The Morgan fingerprint density at radius 3 is 2.39 bits per heavy atom. The summed E-state index contributed by atoms with van der Waals surface area (Å²) in [4.78, 5) is 44.0. The number of nitrogens with one attached hydrogen (secondary N) is 3. The number of pyridine rings is 1. The predicted molar refractivity (Wildman–Crippen MR) is 189 cm³/mol. The van der Waals surface area contributed by atoms with E-state index in [1.54, 1.807) is 18.1 Å². The summed E-state index contributed by atoms with van der Waals surface area (Å²) in [6.07, 6.45) is -0.632. The molecule has 0 saturated carbocycles. The van der Waals surface area contributed by atoms with Crippen molar-refractivity contribution in [2.24, 2.45) is 11.3 Å². The maximum absolute atomic E-state index is 13.8. The summed E-state index contributed by atoms with van der Waals surface area (Å²) < 4.78 is 22.0. The molecule has 0 aliphatic carbocycles. The minimum absolute atomic E-state index is 0.0398. The molecule has 0 spiro atoms. The lowest BCUT2D eigenvalue weighted by Gasteiger charge is -2.34. The van der Waals surface area contributed by atoms with Crippen LogP contribution in [0.4, 0.5) is 9.59 Å². The maximum Gasteiger partial charge on any atom is 0.407 e. The topological polar surface area (TPSA) is 161 Å². The Morgan fingerprint density at radius 2 is 1.71 bits per heavy atom. The lowest BCUT2D eigenvalue weighted by atomic mass is 9.86. The molecule has 274 valence electrons. The highest BCUT2D eigenvalue weighted by molar-refractivity contribution is 5.86. The number of nitrogens with zero attached hydrogens (tertiary/aromatic N) is 2. The van der Waals surface area contributed by atoms with Gasteiger partial charge in [0.05, 0.1) is 43.6 Å². The van der Waals surface area contributed by atoms with E-state index in [1.165, 1.54) is 0 Å². The fraction of sp³-hybridized carbons (Fsp3) is 0.474. The molecule has 2 aliphatic heterocycles. The second-order valence-electron chi connectivity index (χ2n) is 13.9. The third-order valence-corrected chi connectivity index (χ3v) is 8.94. The number of aliphatic hydroxyl groups excluding tert-OH is 1. The minimum Gasteiger partial charge on any atom is -0.450 e. The Bertz CT molecular complexity index is 1570. The maximum atomic E-state index is 13.8. The lowest BCUT2D eigenvalue weighted by Crippen LogP contribution is -2.59. The monoisotopic (exact) mass is 703 g/mol. The number of carbonyl (C=O) groups excluding carboxylic acids is 3. The van der Waals surface area contributed by atoms with E-state index in [4.69, 9.17) is 18.9 Å². The normalized spacial score (nSPS) is 20.2. The van der Waals surface area contributed by atoms with Crippen molar-refractivity contribution in [3.05, 3.63) is 90.1 Å². The smallest absolute Gasteiger partial charge is 0.407 e. The van der Waals surface area contributed by atoms with Gasteiger partial charge >= 0.3 is 12.2 Å². The number of fused-ring (bicyclic) bond motifs is 1. The minimum atomic E-state index is -1.17. The molecule has 2 aliphatic rings. The zero-order valence-corrected chi connectivity index (χ0v) is 29.6. The van der Waals surface area contributed by atoms with E-state index < -0.39 is 47.8 Å². The van der Waals surface area contributed by atoms with Gasteiger partial charge in [-0.2, -0.15) is 0 Å². The van der Waals surface area contributed by atoms with Crippen molar-refractivity contribution in [1.82, 2.24) is 26.1 Å². The Kier molecular flexibility index (Phi) is 13.0. The van der Waals surface area contributed by atoms with Crippen molar-refractivity contribution < 1.29 is 38.4 Å². The highest BCUT2D eigenvalue weighted by Gasteiger charge is 2.44. The van der Waals surface area contributed by atoms with Gasteiger partial charge in [-0.25, -0.2) is 14.6 Å². The van der Waals surface area contributed by atoms with Crippen LogP contribution in [0.5, 0.6) is 0 Å². The van der Waals surface area contributed by atoms with Crippen molar-refractivity contribution in [2.45, 2.75) is 77.7 Å². The fourth-order valence-electron chi connectivity index (χ4n) is 6.25. The zero-order chi connectivity index (χ0) is 36.4. The van der Waals surface area contributed by atoms with Gasteiger partial charge in [0.25, 0.3) is 5.91 Å². The van der Waals surface area contributed by atoms with Crippen LogP contribution < -0.4 is 16.1 Å². The van der Waals surface area contributed by atoms with Crippen molar-refractivity contribution in [2.75, 3.05) is 26.4 Å². The molecule has 5 rings (SSSR count). The van der Waals surface area contributed by atoms with Gasteiger partial charge in [-0.15, -0.1) is 0 Å². The van der Waals surface area contributed by atoms with Crippen LogP contribution in [0.15, 0.2) is 79.0 Å². The number of hydrogen-bond acceptors (Lipinski definition) is 10. The number of benzene rings is 2. The molecular weight excluding hydrogens is 654 g/mol. The summed E-state index contributed by atoms with van der Waals surface area (Å²) in [7, 11) is 0. The van der Waals surface area contributed by atoms with Crippen molar-refractivity contribution in [3.8, 4) is 11.3 Å². The molecule has 1 aromatic heterocycles. The largest absolute Gasteiger partial charge is 0.450 e. The summed E-state index contributed by atoms with van der Waals surface area (Å²) in [5.41, 5.74) is 5.73. The van der Waals surface area contributed by atoms with E-state index in [1.807, 2.05) is 93.6 Å². The average Bonchev–Trinajstić information content (AvgIpc) is 3.73. The number of aliphatic hydroxyl groups is 1. The van der Waals surface area contributed by atoms with Gasteiger partial charge in [0.1, 0.15) is 12.1 Å². The molecule has 3 aromatic rings. The molecule has 2 saturated heterocycles. The number of ether oxygens (including phenoxy) is 4. The van der Waals surface area contributed by atoms with Gasteiger partial charge in [0, 0.05) is 24.8 Å². The summed E-state index contributed by atoms with van der Waals surface area (Å²) in [5.74, 6) is -0.531. The third kappa shape index (κ3) is 10.7. The molecular formula is C38H49N5O8. The molecule has 3 amide bonds. The number of hydrogen-bond donors (Lipinski definition) is 4. The first-order chi connectivity index (χ1) is 24.5. The molecule has 2 fully saturated rings. The second kappa shape index (κ2) is 17.6. The number of rotatable bonds is 14. The van der Waals surface area contributed by atoms with Crippen LogP contribution in [0.3, 0.4) is 0 Å². The standard InChI is InChI=1S/C38H49N5O8/c1-5-48-36(46)41-33(38(2,3)4)34(45)42-43(22-26-14-16-27(17-15-26)29-13-9-10-19-39-29)23-31(44)30(21-25-11-7-6-8-12-25)40-37(47)51-32-24-50-35-28(32)18-20-49-35/h6-17,19,28,30-33,35,44H,5,18,20-24H2,1-4H3,(H,40,47)(H,41,46)(H,42,45)/t28?,30-,31-,32-,33?,35+/m0/s1. The van der Waals surface area contributed by atoms with E-state index in [9.17, 15) is 19.5 Å². The number of carbonyl (C=O) groups is 3. The molecule has 4 N–H and O–H groups in total. The Balaban J connectivity index is 1.35. The zero-order valence-electron chi connectivity index (χ0n) is 29.6. The number of aromatic nitrogens is 1. The SMILES string of the molecule is CCOC(=O)NC(C(=O)NN(Cc1ccc(-c2ccccn2)cc1)C[C@H](O)[C@H](Cc1ccccc1)NC(=O)O[C@H]1CO[C@H]2OCCC21)C(C)(C)C. The van der Waals surface area contributed by atoms with Crippen LogP contribution in [0.2, 0.25) is 0 Å². The van der Waals surface area contributed by atoms with Crippen LogP contribution >= 0.6 is 0 Å². The quantitative estimate of drug-likeness (QED) is 0.179. The molecule has 3 heterocycles. The molecule has 2 unspecified atom stereocenters. The van der Waals surface area contributed by atoms with Crippen molar-refractivity contribution in [3.63, 3.8) is 0 Å². The van der Waals surface area contributed by atoms with E-state index in [0.29, 0.717) is 13.0 Å². The van der Waals surface area contributed by atoms with Gasteiger partial charge < -0.3 is 34.7 Å². The Morgan fingerprint density at radius 1 is 0.961 bits per heavy atom. The first kappa shape index (κ1) is 37.7. The first-order valence-electron chi connectivity index (χ1n) is 17.4. The predicted octanol–water partition coefficient (Wildman–Crippen LogP) is 4.20. The molecule has 6 atom stereocenters. The van der Waals surface area contributed by atoms with E-state index in [2.05, 4.69) is 21.0 Å². The van der Waals surface area contributed by atoms with Crippen molar-refractivity contribution >= 4 is 18.1 Å². The average molecular weight is 704 g/mol. The van der Waals surface area contributed by atoms with Crippen LogP contribution in [0, 0.1) is 11.3 Å². The summed E-state index contributed by atoms with van der Waals surface area (Å²) >= 11 is 0. The number of hydrazine groups is 1. The highest BCUT2D eigenvalue weighted by Crippen LogP contribution is 2.33. The molecule has 13 nitrogen and oxygen atoms in total. The Hall–Kier alpha value is -4.56. The van der Waals surface area contributed by atoms with E-state index in [0.717, 1.165) is 28.8 Å². The van der Waals surface area contributed by atoms with Crippen LogP contribution in [0.25, 0.3) is 11.3 Å². The van der Waals surface area contributed by atoms with Gasteiger partial charge in [-0.1, -0.05) is 81.4 Å². The van der Waals surface area contributed by atoms with Crippen molar-refractivity contribution in [1.29, 1.82) is 0 Å². The fourth-order valence-corrected chi connectivity index (χ4v) is 6.25. The van der Waals surface area contributed by atoms with Crippen LogP contribution in [-0.2, 0) is 36.7 Å². The van der Waals surface area contributed by atoms with Gasteiger partial charge in [-0.3, -0.25) is 15.2 Å². The highest BCUT2D eigenvalue weighted by atomic mass is 16.7. The molecule has 0 bridgehead atoms. The van der Waals surface area contributed by atoms with Gasteiger partial charge in [-0.05, 0) is 48.4 Å². The van der Waals surface area contributed by atoms with Crippen LogP contribution in [0.1, 0.15) is 45.2 Å². The second-order valence-corrected chi connectivity index (χ2v) is 13.9. The van der Waals surface area contributed by atoms with Gasteiger partial charge in [0.15, 0.2) is 6.29 Å². The molecule has 51 heavy (non-hydrogen) atoms. The van der Waals surface area contributed by atoms with E-state index in [-0.39, 0.29) is 38.5 Å². The number of amides is 3. The summed E-state index contributed by atoms with van der Waals surface area (Å²) in [6.45, 7) is 8.25. The Labute approximate surface area is 299 Å². The molecule has 2 aromatic carbocycles. The lowest BCUT2D eigenvalue weighted by molar-refractivity contribution is -0.131. The van der Waals surface area contributed by atoms with Gasteiger partial charge in [0.2, 0.25) is 0 Å². The van der Waals surface area contributed by atoms with Crippen LogP contribution in [-0.4, -0.2) is 90.1 Å². The molecule has 13 heteroatoms. The number of alkyl carbamates (subject to hydrolysis) is 2. The first-order valence-corrected chi connectivity index (χ1v) is 17.4. The third-order valence-electron chi connectivity index (χ3n) is 8.94. The summed E-state index contributed by atoms with van der Waals surface area (Å²) in [6, 6.07) is 21.2. The van der Waals surface area contributed by atoms with E-state index >= 15 is 0 Å².